The quantitative estimate of drug-likeness (QED) is 0.156. The third-order valence-corrected chi connectivity index (χ3v) is 8.48. The maximum Gasteiger partial charge on any atom is 0.460 e. The molecule has 240 valence electrons. The lowest BCUT2D eigenvalue weighted by Crippen LogP contribution is -2.75. The Labute approximate surface area is 216 Å². The number of hydrogen-bond acceptors (Lipinski definition) is 4. The number of hydrogen-bond donors (Lipinski definition) is 0. The maximum absolute atomic E-state index is 13.0. The van der Waals surface area contributed by atoms with Crippen LogP contribution in [-0.2, 0) is 25.8 Å². The van der Waals surface area contributed by atoms with Gasteiger partial charge in [-0.1, -0.05) is 6.92 Å². The van der Waals surface area contributed by atoms with E-state index in [1.165, 1.54) is 30.8 Å². The average molecular weight is 672 g/mol. The predicted octanol–water partition coefficient (Wildman–Crippen LogP) is 6.27. The van der Waals surface area contributed by atoms with Crippen molar-refractivity contribution in [3.63, 3.8) is 0 Å². The van der Waals surface area contributed by atoms with Gasteiger partial charge >= 0.3 is 47.0 Å². The van der Waals surface area contributed by atoms with E-state index in [4.69, 9.17) is 0 Å². The van der Waals surface area contributed by atoms with Crippen molar-refractivity contribution in [3.8, 4) is 0 Å². The van der Waals surface area contributed by atoms with Crippen molar-refractivity contribution in [1.82, 2.24) is 0 Å². The van der Waals surface area contributed by atoms with Crippen LogP contribution in [0.2, 0.25) is 0 Å². The Balaban J connectivity index is 0.00000114. The van der Waals surface area contributed by atoms with Gasteiger partial charge in [-0.2, -0.15) is 74.6 Å². The van der Waals surface area contributed by atoms with E-state index in [0.717, 1.165) is 12.2 Å². The minimum Gasteiger partial charge on any atom is -0.743 e. The molecule has 0 spiro atoms. The molecule has 0 bridgehead atoms. The van der Waals surface area contributed by atoms with Gasteiger partial charge in [0.15, 0.2) is 21.7 Å². The molecule has 4 nitrogen and oxygen atoms in total. The molecule has 0 saturated carbocycles. The topological polar surface area (TPSA) is 74.3 Å². The summed E-state index contributed by atoms with van der Waals surface area (Å²) in [5.41, 5.74) is 0. The lowest BCUT2D eigenvalue weighted by Gasteiger charge is -2.42. The fourth-order valence-corrected chi connectivity index (χ4v) is 5.49. The lowest BCUT2D eigenvalue weighted by atomic mass is 9.91. The number of halogens is 17. The molecular weight excluding hydrogens is 655 g/mol. The van der Waals surface area contributed by atoms with Crippen LogP contribution in [0.15, 0.2) is 0 Å². The van der Waals surface area contributed by atoms with E-state index in [1.807, 2.05) is 6.92 Å². The first kappa shape index (κ1) is 38.7. The number of Topliss-reactive ketones (excluding diaryl/α,β-unsaturated/α-hetero) is 1. The van der Waals surface area contributed by atoms with Crippen LogP contribution in [0, 0.1) is 0 Å². The van der Waals surface area contributed by atoms with E-state index >= 15 is 0 Å². The normalized spacial score (nSPS) is 17.8. The Hall–Kier alpha value is -1.26. The summed E-state index contributed by atoms with van der Waals surface area (Å²) in [4.78, 5) is 11.1. The molecule has 1 fully saturated rings. The van der Waals surface area contributed by atoms with E-state index in [-0.39, 0.29) is 0 Å². The van der Waals surface area contributed by atoms with Gasteiger partial charge in [0, 0.05) is 6.42 Å². The van der Waals surface area contributed by atoms with Crippen LogP contribution in [-0.4, -0.2) is 83.0 Å². The Bertz CT molecular complexity index is 986. The molecule has 40 heavy (non-hydrogen) atoms. The molecule has 0 aromatic carbocycles. The Morgan fingerprint density at radius 3 is 1.25 bits per heavy atom. The van der Waals surface area contributed by atoms with Crippen LogP contribution >= 0.6 is 0 Å². The Morgan fingerprint density at radius 1 is 0.625 bits per heavy atom. The van der Waals surface area contributed by atoms with Gasteiger partial charge in [-0.15, -0.1) is 0 Å². The smallest absolute Gasteiger partial charge is 0.460 e. The van der Waals surface area contributed by atoms with E-state index in [0.29, 0.717) is 16.7 Å². The first-order chi connectivity index (χ1) is 17.3. The highest BCUT2D eigenvalue weighted by molar-refractivity contribution is 7.97. The summed E-state index contributed by atoms with van der Waals surface area (Å²) in [5.74, 6) is -48.1. The highest BCUT2D eigenvalue weighted by Crippen LogP contribution is 2.64. The molecule has 23 heteroatoms. The van der Waals surface area contributed by atoms with Gasteiger partial charge in [-0.25, -0.2) is 8.42 Å². The molecule has 0 aromatic heterocycles. The third-order valence-electron chi connectivity index (χ3n) is 5.13. The fraction of sp³-hybridized carbons (Fsp3) is 0.941. The van der Waals surface area contributed by atoms with Gasteiger partial charge in [0.25, 0.3) is 0 Å². The second-order valence-electron chi connectivity index (χ2n) is 8.03. The zero-order valence-electron chi connectivity index (χ0n) is 19.3. The van der Waals surface area contributed by atoms with Crippen molar-refractivity contribution in [2.45, 2.75) is 79.6 Å². The first-order valence-electron chi connectivity index (χ1n) is 10.2. The molecule has 0 radical (unpaired) electrons. The van der Waals surface area contributed by atoms with Crippen LogP contribution in [0.25, 0.3) is 0 Å². The molecule has 1 heterocycles. The van der Waals surface area contributed by atoms with Crippen LogP contribution in [0.4, 0.5) is 74.6 Å². The minimum absolute atomic E-state index is 0.468. The summed E-state index contributed by atoms with van der Waals surface area (Å²) in [7, 11) is -7.67. The minimum atomic E-state index is -8.92. The average Bonchev–Trinajstić information content (AvgIpc) is 2.77. The molecule has 0 aliphatic carbocycles. The Morgan fingerprint density at radius 2 is 0.950 bits per heavy atom. The van der Waals surface area contributed by atoms with Crippen LogP contribution in [0.5, 0.6) is 0 Å². The molecule has 1 saturated heterocycles. The Kier molecular flexibility index (Phi) is 11.4. The zero-order valence-corrected chi connectivity index (χ0v) is 21.0. The predicted molar refractivity (Wildman–Crippen MR) is 101 cm³/mol. The van der Waals surface area contributed by atoms with Gasteiger partial charge < -0.3 is 4.55 Å². The SMILES string of the molecule is CCC(=O)C[S+]1CCCCC1.O=S(=O)([O-])C(F)(F)C(F)(F)C(F)(F)C(F)(F)C(F)(F)C(F)(F)C(F)(F)C(F)(F)F. The van der Waals surface area contributed by atoms with Gasteiger partial charge in [-0.3, -0.25) is 4.79 Å². The third kappa shape index (κ3) is 6.54. The molecule has 0 aromatic rings. The molecule has 0 unspecified atom stereocenters. The number of ketones is 1. The summed E-state index contributed by atoms with van der Waals surface area (Å²) in [6.07, 6.45) is -3.04. The van der Waals surface area contributed by atoms with Crippen molar-refractivity contribution < 1.29 is 92.4 Å². The van der Waals surface area contributed by atoms with E-state index in [2.05, 4.69) is 0 Å². The van der Waals surface area contributed by atoms with Crippen molar-refractivity contribution in [2.24, 2.45) is 0 Å². The molecular formula is C17H17F17O4S2. The standard InChI is InChI=1S/C9H17OS.C8HF17O3S/c1-2-9(10)8-11-6-4-3-5-7-11;9-1(10,3(13,14)5(17,18)7(21,22)23)2(11,12)4(15,16)6(19,20)8(24,25)29(26,27)28/h2-8H2,1H3;(H,26,27,28)/q+1;/p-1. The molecule has 1 rings (SSSR count). The fourth-order valence-electron chi connectivity index (χ4n) is 2.67. The van der Waals surface area contributed by atoms with E-state index in [1.54, 1.807) is 0 Å². The molecule has 1 aliphatic rings. The highest BCUT2D eigenvalue weighted by atomic mass is 32.2. The molecule has 0 atom stereocenters. The molecule has 0 amide bonds. The summed E-state index contributed by atoms with van der Waals surface area (Å²) in [6, 6.07) is 0. The summed E-state index contributed by atoms with van der Waals surface area (Å²) < 4.78 is 244. The second-order valence-corrected chi connectivity index (χ2v) is 11.8. The van der Waals surface area contributed by atoms with Gasteiger partial charge in [0.05, 0.1) is 0 Å². The first-order valence-corrected chi connectivity index (χ1v) is 13.3. The van der Waals surface area contributed by atoms with Gasteiger partial charge in [0.1, 0.15) is 11.5 Å². The lowest BCUT2D eigenvalue weighted by molar-refractivity contribution is -0.458. The summed E-state index contributed by atoms with van der Waals surface area (Å²) in [5, 5.41) is -7.95. The van der Waals surface area contributed by atoms with Crippen LogP contribution in [0.1, 0.15) is 32.6 Å². The van der Waals surface area contributed by atoms with E-state index in [9.17, 15) is 92.4 Å². The molecule has 1 aliphatic heterocycles. The number of carbonyl (C=O) groups excluding carboxylic acids is 1. The number of alkyl halides is 17. The van der Waals surface area contributed by atoms with Crippen molar-refractivity contribution in [3.05, 3.63) is 0 Å². The maximum atomic E-state index is 13.0. The van der Waals surface area contributed by atoms with E-state index < -0.39 is 57.1 Å². The van der Waals surface area contributed by atoms with Crippen molar-refractivity contribution in [2.75, 3.05) is 17.3 Å². The van der Waals surface area contributed by atoms with Crippen molar-refractivity contribution in [1.29, 1.82) is 0 Å². The summed E-state index contributed by atoms with van der Waals surface area (Å²) in [6.45, 7) is 1.97. The number of carbonyl (C=O) groups is 1. The highest BCUT2D eigenvalue weighted by Gasteiger charge is 2.95. The van der Waals surface area contributed by atoms with Crippen LogP contribution < -0.4 is 0 Å². The number of rotatable bonds is 10. The second kappa shape index (κ2) is 11.8. The van der Waals surface area contributed by atoms with Crippen molar-refractivity contribution >= 4 is 26.8 Å². The van der Waals surface area contributed by atoms with Gasteiger partial charge in [0.2, 0.25) is 0 Å². The zero-order chi connectivity index (χ0) is 32.6. The van der Waals surface area contributed by atoms with Gasteiger partial charge in [-0.05, 0) is 30.2 Å². The largest absolute Gasteiger partial charge is 0.743 e. The summed E-state index contributed by atoms with van der Waals surface area (Å²) >= 11 is 0. The monoisotopic (exact) mass is 672 g/mol. The van der Waals surface area contributed by atoms with Crippen LogP contribution in [0.3, 0.4) is 0 Å². The molecule has 0 N–H and O–H groups in total.